The number of thiazole rings is 1. The van der Waals surface area contributed by atoms with E-state index in [9.17, 15) is 10.1 Å². The molecule has 3 aromatic carbocycles. The molecule has 0 saturated heterocycles. The van der Waals surface area contributed by atoms with Crippen LogP contribution < -0.4 is 4.80 Å². The summed E-state index contributed by atoms with van der Waals surface area (Å²) in [5.74, 6) is 0. The highest BCUT2D eigenvalue weighted by atomic mass is 79.9. The van der Waals surface area contributed by atoms with Crippen LogP contribution in [-0.4, -0.2) is 20.8 Å². The lowest BCUT2D eigenvalue weighted by Gasteiger charge is -2.04. The maximum absolute atomic E-state index is 11.1. The predicted octanol–water partition coefficient (Wildman–Crippen LogP) is 6.79. The summed E-state index contributed by atoms with van der Waals surface area (Å²) in [6.07, 6.45) is 3.71. The van der Waals surface area contributed by atoms with Crippen molar-refractivity contribution in [3.05, 3.63) is 109 Å². The van der Waals surface area contributed by atoms with E-state index in [0.717, 1.165) is 43.4 Å². The van der Waals surface area contributed by atoms with E-state index in [2.05, 4.69) is 20.9 Å². The van der Waals surface area contributed by atoms with E-state index in [1.807, 2.05) is 61.0 Å². The Labute approximate surface area is 207 Å². The minimum atomic E-state index is -0.406. The van der Waals surface area contributed by atoms with Crippen molar-refractivity contribution in [2.45, 2.75) is 6.92 Å². The molecule has 0 aliphatic rings. The van der Waals surface area contributed by atoms with Crippen molar-refractivity contribution in [2.75, 3.05) is 0 Å². The lowest BCUT2D eigenvalue weighted by atomic mass is 10.1. The summed E-state index contributed by atoms with van der Waals surface area (Å²) in [6, 6.07) is 20.4. The molecule has 0 saturated carbocycles. The van der Waals surface area contributed by atoms with Crippen molar-refractivity contribution in [1.82, 2.24) is 9.66 Å². The first-order chi connectivity index (χ1) is 16.5. The highest BCUT2D eigenvalue weighted by molar-refractivity contribution is 9.10. The molecule has 0 spiro atoms. The van der Waals surface area contributed by atoms with Crippen LogP contribution in [0.25, 0.3) is 22.2 Å². The molecule has 34 heavy (non-hydrogen) atoms. The second-order valence-corrected chi connectivity index (χ2v) is 9.40. The number of benzene rings is 3. The average Bonchev–Trinajstić information content (AvgIpc) is 3.42. The molecule has 2 aromatic heterocycles. The summed E-state index contributed by atoms with van der Waals surface area (Å²) in [4.78, 5) is 19.4. The van der Waals surface area contributed by atoms with Crippen molar-refractivity contribution in [3.8, 4) is 11.3 Å². The number of fused-ring (bicyclic) bond motifs is 1. The summed E-state index contributed by atoms with van der Waals surface area (Å²) in [6.45, 7) is 2.03. The first-order valence-electron chi connectivity index (χ1n) is 10.4. The molecule has 5 aromatic rings. The number of nitrogens with zero attached hydrogens (tertiary/aromatic N) is 4. The van der Waals surface area contributed by atoms with Gasteiger partial charge in [-0.05, 0) is 49.4 Å². The summed E-state index contributed by atoms with van der Waals surface area (Å²) < 4.78 is 2.75. The Morgan fingerprint density at radius 2 is 1.85 bits per heavy atom. The minimum Gasteiger partial charge on any atom is -0.361 e. The van der Waals surface area contributed by atoms with E-state index < -0.39 is 4.92 Å². The second-order valence-electron chi connectivity index (χ2n) is 7.65. The number of nitro benzene ring substituents is 1. The number of aromatic nitrogens is 2. The topological polar surface area (TPSA) is 88.6 Å². The molecular formula is C25H18BrN5O2S. The number of aryl methyl sites for hydroxylation is 1. The summed E-state index contributed by atoms with van der Waals surface area (Å²) >= 11 is 4.99. The second kappa shape index (κ2) is 9.20. The van der Waals surface area contributed by atoms with E-state index in [1.165, 1.54) is 23.5 Å². The van der Waals surface area contributed by atoms with Crippen LogP contribution in [0.2, 0.25) is 0 Å². The van der Waals surface area contributed by atoms with Gasteiger partial charge in [0.25, 0.3) is 5.69 Å². The van der Waals surface area contributed by atoms with E-state index in [4.69, 9.17) is 10.1 Å². The highest BCUT2D eigenvalue weighted by Crippen LogP contribution is 2.25. The Balaban J connectivity index is 1.63. The van der Waals surface area contributed by atoms with Crippen LogP contribution in [0.15, 0.2) is 92.9 Å². The first kappa shape index (κ1) is 22.0. The molecule has 2 heterocycles. The van der Waals surface area contributed by atoms with Crippen LogP contribution in [0.5, 0.6) is 0 Å². The van der Waals surface area contributed by atoms with Gasteiger partial charge in [0.15, 0.2) is 0 Å². The van der Waals surface area contributed by atoms with Crippen LogP contribution in [0.4, 0.5) is 11.4 Å². The number of rotatable bonds is 5. The molecule has 9 heteroatoms. The number of aromatic amines is 1. The van der Waals surface area contributed by atoms with Crippen LogP contribution in [0.3, 0.4) is 0 Å². The van der Waals surface area contributed by atoms with Crippen LogP contribution in [-0.2, 0) is 0 Å². The summed E-state index contributed by atoms with van der Waals surface area (Å²) in [7, 11) is 0. The third kappa shape index (κ3) is 4.48. The molecule has 0 aliphatic carbocycles. The number of hydrogen-bond acceptors (Lipinski definition) is 5. The SMILES string of the molecule is Cc1ccc(N=c2scc(-c3ccc([N+](=O)[O-])cc3)n2N=Cc2c[nH]c3ccc(Br)cc23)cc1. The lowest BCUT2D eigenvalue weighted by Crippen LogP contribution is -2.11. The molecular weight excluding hydrogens is 514 g/mol. The number of nitro groups is 1. The molecule has 7 nitrogen and oxygen atoms in total. The number of halogens is 1. The molecule has 0 atom stereocenters. The minimum absolute atomic E-state index is 0.0444. The fourth-order valence-corrected chi connectivity index (χ4v) is 4.73. The highest BCUT2D eigenvalue weighted by Gasteiger charge is 2.11. The Morgan fingerprint density at radius 1 is 1.09 bits per heavy atom. The van der Waals surface area contributed by atoms with Gasteiger partial charge in [0.05, 0.1) is 22.5 Å². The monoisotopic (exact) mass is 531 g/mol. The molecule has 0 radical (unpaired) electrons. The van der Waals surface area contributed by atoms with Gasteiger partial charge >= 0.3 is 0 Å². The molecule has 0 unspecified atom stereocenters. The molecule has 0 fully saturated rings. The molecule has 0 aliphatic heterocycles. The van der Waals surface area contributed by atoms with Crippen LogP contribution in [0.1, 0.15) is 11.1 Å². The largest absolute Gasteiger partial charge is 0.361 e. The maximum atomic E-state index is 11.1. The third-order valence-electron chi connectivity index (χ3n) is 5.31. The zero-order valence-corrected chi connectivity index (χ0v) is 20.4. The van der Waals surface area contributed by atoms with Crippen molar-refractivity contribution in [1.29, 1.82) is 0 Å². The van der Waals surface area contributed by atoms with Gasteiger partial charge in [-0.1, -0.05) is 33.6 Å². The molecule has 0 amide bonds. The Bertz CT molecular complexity index is 1600. The zero-order chi connectivity index (χ0) is 23.7. The fraction of sp³-hybridized carbons (Fsp3) is 0.0400. The van der Waals surface area contributed by atoms with Gasteiger partial charge in [-0.25, -0.2) is 9.67 Å². The Kier molecular flexibility index (Phi) is 5.95. The first-order valence-corrected chi connectivity index (χ1v) is 12.0. The summed E-state index contributed by atoms with van der Waals surface area (Å²) in [5, 5.41) is 18.8. The average molecular weight is 532 g/mol. The predicted molar refractivity (Wildman–Crippen MR) is 140 cm³/mol. The van der Waals surface area contributed by atoms with Crippen LogP contribution >= 0.6 is 27.3 Å². The van der Waals surface area contributed by atoms with Gasteiger partial charge in [-0.2, -0.15) is 5.10 Å². The standard InChI is InChI=1S/C25H18BrN5O2S/c1-16-2-7-20(8-3-16)29-25-30(24(15-34-25)17-4-9-21(10-5-17)31(32)33)28-14-18-13-27-23-11-6-19(26)12-22(18)23/h2-15,27H,1H3. The van der Waals surface area contributed by atoms with Crippen molar-refractivity contribution < 1.29 is 4.92 Å². The van der Waals surface area contributed by atoms with E-state index >= 15 is 0 Å². The Morgan fingerprint density at radius 3 is 2.59 bits per heavy atom. The number of non-ortho nitro benzene ring substituents is 1. The van der Waals surface area contributed by atoms with Gasteiger partial charge in [-0.15, -0.1) is 11.3 Å². The molecule has 1 N–H and O–H groups in total. The quantitative estimate of drug-likeness (QED) is 0.153. The normalized spacial score (nSPS) is 12.1. The van der Waals surface area contributed by atoms with Crippen molar-refractivity contribution in [2.24, 2.45) is 10.1 Å². The molecule has 5 rings (SSSR count). The molecule has 168 valence electrons. The number of nitrogens with one attached hydrogen (secondary N) is 1. The van der Waals surface area contributed by atoms with Gasteiger partial charge in [0.1, 0.15) is 0 Å². The summed E-state index contributed by atoms with van der Waals surface area (Å²) in [5.41, 5.74) is 5.58. The van der Waals surface area contributed by atoms with Crippen LogP contribution in [0, 0.1) is 17.0 Å². The Hall–Kier alpha value is -3.82. The van der Waals surface area contributed by atoms with Gasteiger partial charge in [-0.3, -0.25) is 10.1 Å². The molecule has 0 bridgehead atoms. The fourth-order valence-electron chi connectivity index (χ4n) is 3.51. The van der Waals surface area contributed by atoms with E-state index in [-0.39, 0.29) is 5.69 Å². The van der Waals surface area contributed by atoms with Gasteiger partial charge < -0.3 is 4.98 Å². The van der Waals surface area contributed by atoms with Crippen molar-refractivity contribution in [3.63, 3.8) is 0 Å². The van der Waals surface area contributed by atoms with Crippen molar-refractivity contribution >= 4 is 55.8 Å². The van der Waals surface area contributed by atoms with E-state index in [0.29, 0.717) is 4.80 Å². The lowest BCUT2D eigenvalue weighted by molar-refractivity contribution is -0.384. The van der Waals surface area contributed by atoms with E-state index in [1.54, 1.807) is 23.0 Å². The number of hydrogen-bond donors (Lipinski definition) is 1. The van der Waals surface area contributed by atoms with Gasteiger partial charge in [0.2, 0.25) is 4.80 Å². The number of H-pyrrole nitrogens is 1. The van der Waals surface area contributed by atoms with Gasteiger partial charge in [0, 0.05) is 50.2 Å². The smallest absolute Gasteiger partial charge is 0.269 e. The zero-order valence-electron chi connectivity index (χ0n) is 18.0. The third-order valence-corrected chi connectivity index (χ3v) is 6.62. The maximum Gasteiger partial charge on any atom is 0.269 e.